The van der Waals surface area contributed by atoms with Crippen molar-refractivity contribution in [1.29, 1.82) is 5.26 Å². The molecule has 1 unspecified atom stereocenters. The first-order chi connectivity index (χ1) is 11.7. The van der Waals surface area contributed by atoms with Gasteiger partial charge < -0.3 is 10.3 Å². The first-order valence-corrected chi connectivity index (χ1v) is 8.16. The van der Waals surface area contributed by atoms with Crippen LogP contribution in [0.5, 0.6) is 0 Å². The lowest BCUT2D eigenvalue weighted by Gasteiger charge is -2.17. The van der Waals surface area contributed by atoms with Crippen LogP contribution in [0.2, 0.25) is 0 Å². The van der Waals surface area contributed by atoms with Gasteiger partial charge in [0, 0.05) is 46.4 Å². The molecule has 1 saturated heterocycles. The normalized spacial score (nSPS) is 17.8. The Hall–Kier alpha value is -2.82. The van der Waals surface area contributed by atoms with E-state index in [1.54, 1.807) is 19.2 Å². The van der Waals surface area contributed by atoms with Crippen LogP contribution < -0.4 is 5.32 Å². The van der Waals surface area contributed by atoms with Crippen LogP contribution in [-0.2, 0) is 0 Å². The van der Waals surface area contributed by atoms with Crippen molar-refractivity contribution in [3.05, 3.63) is 41.2 Å². The van der Waals surface area contributed by atoms with Crippen molar-refractivity contribution in [3.8, 4) is 17.9 Å². The van der Waals surface area contributed by atoms with Gasteiger partial charge in [0.15, 0.2) is 0 Å². The predicted molar refractivity (Wildman–Crippen MR) is 97.9 cm³/mol. The summed E-state index contributed by atoms with van der Waals surface area (Å²) >= 11 is 0. The molecule has 4 nitrogen and oxygen atoms in total. The number of H-pyrrole nitrogens is 1. The maximum Gasteiger partial charge on any atom is 0.138 e. The number of aromatic nitrogens is 2. The highest BCUT2D eigenvalue weighted by molar-refractivity contribution is 5.92. The Morgan fingerprint density at radius 2 is 2.38 bits per heavy atom. The van der Waals surface area contributed by atoms with Gasteiger partial charge >= 0.3 is 0 Å². The maximum atomic E-state index is 9.05. The summed E-state index contributed by atoms with van der Waals surface area (Å²) in [5, 5.41) is 13.4. The lowest BCUT2D eigenvalue weighted by atomic mass is 10.00. The van der Waals surface area contributed by atoms with Gasteiger partial charge in [0.1, 0.15) is 5.65 Å². The summed E-state index contributed by atoms with van der Waals surface area (Å²) in [6, 6.07) is 4.19. The van der Waals surface area contributed by atoms with Crippen molar-refractivity contribution in [2.24, 2.45) is 5.92 Å². The van der Waals surface area contributed by atoms with Gasteiger partial charge in [0.05, 0.1) is 6.07 Å². The molecule has 0 amide bonds. The van der Waals surface area contributed by atoms with Crippen molar-refractivity contribution < 1.29 is 0 Å². The minimum Gasteiger partial charge on any atom is -0.339 e. The molecule has 0 aliphatic carbocycles. The van der Waals surface area contributed by atoms with Gasteiger partial charge in [-0.15, -0.1) is 0 Å². The van der Waals surface area contributed by atoms with E-state index in [1.807, 2.05) is 12.1 Å². The standard InChI is InChI=1S/C20H20N4/c1-3-19-17(9-14(2)11-21)18-10-16(13-23-20(18)24-19)7-6-15-5-4-8-22-12-15/h3,9-10,13,15,22H,1,4-5,8,12H2,2H3,(H,23,24)/b14-9+. The molecule has 1 aliphatic rings. The highest BCUT2D eigenvalue weighted by atomic mass is 14.9. The van der Waals surface area contributed by atoms with E-state index in [4.69, 9.17) is 5.26 Å². The number of aromatic amines is 1. The van der Waals surface area contributed by atoms with E-state index < -0.39 is 0 Å². The second-order valence-corrected chi connectivity index (χ2v) is 6.03. The lowest BCUT2D eigenvalue weighted by Crippen LogP contribution is -2.28. The quantitative estimate of drug-likeness (QED) is 0.658. The Bertz CT molecular complexity index is 893. The van der Waals surface area contributed by atoms with E-state index in [0.717, 1.165) is 47.4 Å². The average molecular weight is 316 g/mol. The van der Waals surface area contributed by atoms with Crippen LogP contribution in [0.15, 0.2) is 24.4 Å². The Morgan fingerprint density at radius 1 is 1.50 bits per heavy atom. The molecule has 4 heteroatoms. The van der Waals surface area contributed by atoms with Crippen molar-refractivity contribution >= 4 is 23.2 Å². The fraction of sp³-hybridized carbons (Fsp3) is 0.300. The third kappa shape index (κ3) is 3.40. The minimum absolute atomic E-state index is 0.407. The van der Waals surface area contributed by atoms with Gasteiger partial charge in [-0.3, -0.25) is 0 Å². The molecule has 0 bridgehead atoms. The predicted octanol–water partition coefficient (Wildman–Crippen LogP) is 3.48. The number of hydrogen-bond donors (Lipinski definition) is 2. The van der Waals surface area contributed by atoms with Gasteiger partial charge in [0.25, 0.3) is 0 Å². The van der Waals surface area contributed by atoms with Crippen molar-refractivity contribution in [2.45, 2.75) is 19.8 Å². The number of nitrogens with one attached hydrogen (secondary N) is 2. The Balaban J connectivity index is 2.00. The van der Waals surface area contributed by atoms with Crippen LogP contribution in [0.25, 0.3) is 23.2 Å². The summed E-state index contributed by atoms with van der Waals surface area (Å²) in [5.74, 6) is 7.00. The number of hydrogen-bond acceptors (Lipinski definition) is 3. The molecule has 2 N–H and O–H groups in total. The molecular weight excluding hydrogens is 296 g/mol. The molecule has 0 aromatic carbocycles. The summed E-state index contributed by atoms with van der Waals surface area (Å²) < 4.78 is 0. The van der Waals surface area contributed by atoms with E-state index in [1.165, 1.54) is 6.42 Å². The van der Waals surface area contributed by atoms with Gasteiger partial charge in [-0.05, 0) is 44.5 Å². The van der Waals surface area contributed by atoms with Gasteiger partial charge in [-0.25, -0.2) is 4.98 Å². The first kappa shape index (κ1) is 16.1. The van der Waals surface area contributed by atoms with E-state index in [-0.39, 0.29) is 0 Å². The molecule has 120 valence electrons. The lowest BCUT2D eigenvalue weighted by molar-refractivity contribution is 0.449. The molecule has 24 heavy (non-hydrogen) atoms. The number of nitriles is 1. The van der Waals surface area contributed by atoms with Crippen LogP contribution in [0.3, 0.4) is 0 Å². The highest BCUT2D eigenvalue weighted by Gasteiger charge is 2.11. The highest BCUT2D eigenvalue weighted by Crippen LogP contribution is 2.25. The van der Waals surface area contributed by atoms with Crippen molar-refractivity contribution in [3.63, 3.8) is 0 Å². The summed E-state index contributed by atoms with van der Waals surface area (Å²) in [7, 11) is 0. The minimum atomic E-state index is 0.407. The molecule has 2 aromatic heterocycles. The molecule has 1 fully saturated rings. The maximum absolute atomic E-state index is 9.05. The fourth-order valence-electron chi connectivity index (χ4n) is 2.90. The zero-order valence-corrected chi connectivity index (χ0v) is 13.8. The van der Waals surface area contributed by atoms with Crippen molar-refractivity contribution in [2.75, 3.05) is 13.1 Å². The van der Waals surface area contributed by atoms with Crippen LogP contribution in [-0.4, -0.2) is 23.1 Å². The molecule has 3 heterocycles. The number of fused-ring (bicyclic) bond motifs is 1. The van der Waals surface area contributed by atoms with Crippen LogP contribution in [0.4, 0.5) is 0 Å². The average Bonchev–Trinajstić information content (AvgIpc) is 2.97. The first-order valence-electron chi connectivity index (χ1n) is 8.16. The van der Waals surface area contributed by atoms with Crippen LogP contribution in [0, 0.1) is 29.1 Å². The molecular formula is C20H20N4. The van der Waals surface area contributed by atoms with Crippen molar-refractivity contribution in [1.82, 2.24) is 15.3 Å². The monoisotopic (exact) mass is 316 g/mol. The molecule has 1 atom stereocenters. The smallest absolute Gasteiger partial charge is 0.138 e. The second kappa shape index (κ2) is 7.17. The van der Waals surface area contributed by atoms with E-state index >= 15 is 0 Å². The number of pyridine rings is 1. The molecule has 3 rings (SSSR count). The number of rotatable bonds is 2. The van der Waals surface area contributed by atoms with Crippen LogP contribution in [0.1, 0.15) is 36.6 Å². The molecule has 2 aromatic rings. The second-order valence-electron chi connectivity index (χ2n) is 6.03. The SMILES string of the molecule is C=Cc1[nH]c2ncc(C#CC3CCCNC3)cc2c1/C=C(\C)C#N. The summed E-state index contributed by atoms with van der Waals surface area (Å²) in [4.78, 5) is 7.71. The molecule has 1 aliphatic heterocycles. The number of allylic oxidation sites excluding steroid dienone is 1. The van der Waals surface area contributed by atoms with Gasteiger partial charge in [-0.2, -0.15) is 5.26 Å². The Kier molecular flexibility index (Phi) is 4.79. The van der Waals surface area contributed by atoms with E-state index in [0.29, 0.717) is 11.5 Å². The van der Waals surface area contributed by atoms with E-state index in [9.17, 15) is 0 Å². The fourth-order valence-corrected chi connectivity index (χ4v) is 2.90. The third-order valence-electron chi connectivity index (χ3n) is 4.18. The third-order valence-corrected chi connectivity index (χ3v) is 4.18. The Labute approximate surface area is 142 Å². The zero-order chi connectivity index (χ0) is 16.9. The molecule has 0 spiro atoms. The number of nitrogens with zero attached hydrogens (tertiary/aromatic N) is 2. The summed E-state index contributed by atoms with van der Waals surface area (Å²) in [6.07, 6.45) is 7.73. The largest absolute Gasteiger partial charge is 0.339 e. The van der Waals surface area contributed by atoms with Gasteiger partial charge in [0.2, 0.25) is 0 Å². The molecule has 0 radical (unpaired) electrons. The zero-order valence-electron chi connectivity index (χ0n) is 13.8. The van der Waals surface area contributed by atoms with Crippen LogP contribution >= 0.6 is 0 Å². The number of piperidine rings is 1. The summed E-state index contributed by atoms with van der Waals surface area (Å²) in [5.41, 5.74) is 4.13. The topological polar surface area (TPSA) is 64.5 Å². The van der Waals surface area contributed by atoms with E-state index in [2.05, 4.69) is 39.8 Å². The Morgan fingerprint density at radius 3 is 3.08 bits per heavy atom. The van der Waals surface area contributed by atoms with Gasteiger partial charge in [-0.1, -0.05) is 18.4 Å². The molecule has 0 saturated carbocycles. The summed E-state index contributed by atoms with van der Waals surface area (Å²) in [6.45, 7) is 7.68.